The number of rotatable bonds is 1. The Morgan fingerprint density at radius 2 is 1.79 bits per heavy atom. The molecular formula is C11H16O3. The fourth-order valence-electron chi connectivity index (χ4n) is 1.96. The van der Waals surface area contributed by atoms with Crippen LogP contribution in [-0.2, 0) is 14.3 Å². The Labute approximate surface area is 84.1 Å². The van der Waals surface area contributed by atoms with Crippen molar-refractivity contribution < 1.29 is 14.3 Å². The number of allylic oxidation sites excluding steroid dienone is 1. The molecular weight excluding hydrogens is 180 g/mol. The number of hydrogen-bond acceptors (Lipinski definition) is 3. The lowest BCUT2D eigenvalue weighted by molar-refractivity contribution is -0.139. The monoisotopic (exact) mass is 196 g/mol. The van der Waals surface area contributed by atoms with Crippen LogP contribution >= 0.6 is 0 Å². The summed E-state index contributed by atoms with van der Waals surface area (Å²) < 4.78 is 4.65. The minimum absolute atomic E-state index is 0.0606. The van der Waals surface area contributed by atoms with E-state index in [2.05, 4.69) is 4.74 Å². The largest absolute Gasteiger partial charge is 0.466 e. The van der Waals surface area contributed by atoms with Gasteiger partial charge < -0.3 is 4.74 Å². The highest BCUT2D eigenvalue weighted by Crippen LogP contribution is 2.44. The number of ether oxygens (including phenoxy) is 1. The predicted molar refractivity (Wildman–Crippen MR) is 52.7 cm³/mol. The van der Waals surface area contributed by atoms with E-state index in [0.29, 0.717) is 5.57 Å². The number of methoxy groups -OCH3 is 1. The average molecular weight is 196 g/mol. The lowest BCUT2D eigenvalue weighted by Crippen LogP contribution is -2.31. The van der Waals surface area contributed by atoms with Crippen LogP contribution < -0.4 is 0 Å². The third-order valence-electron chi connectivity index (χ3n) is 2.74. The number of Topliss-reactive ketones (excluding diaryl/α,β-unsaturated/α-hetero) is 1. The summed E-state index contributed by atoms with van der Waals surface area (Å²) in [6.45, 7) is 7.14. The average Bonchev–Trinajstić information content (AvgIpc) is 2.25. The molecule has 0 aromatic rings. The van der Waals surface area contributed by atoms with E-state index in [1.807, 2.05) is 13.8 Å². The Morgan fingerprint density at radius 1 is 1.29 bits per heavy atom. The molecule has 0 aromatic carbocycles. The van der Waals surface area contributed by atoms with Gasteiger partial charge in [-0.15, -0.1) is 0 Å². The summed E-state index contributed by atoms with van der Waals surface area (Å²) in [6, 6.07) is 0. The second kappa shape index (κ2) is 2.94. The molecule has 0 aromatic heterocycles. The van der Waals surface area contributed by atoms with Gasteiger partial charge in [-0.25, -0.2) is 4.79 Å². The van der Waals surface area contributed by atoms with Crippen LogP contribution in [0.15, 0.2) is 11.6 Å². The smallest absolute Gasteiger partial charge is 0.334 e. The lowest BCUT2D eigenvalue weighted by atomic mass is 9.79. The molecule has 0 atom stereocenters. The van der Waals surface area contributed by atoms with Crippen LogP contribution in [-0.4, -0.2) is 18.9 Å². The number of ketones is 1. The van der Waals surface area contributed by atoms with Crippen molar-refractivity contribution in [2.75, 3.05) is 7.11 Å². The van der Waals surface area contributed by atoms with Gasteiger partial charge in [-0.3, -0.25) is 4.79 Å². The van der Waals surface area contributed by atoms with E-state index in [0.717, 1.165) is 0 Å². The first-order valence-corrected chi connectivity index (χ1v) is 4.60. The van der Waals surface area contributed by atoms with Crippen molar-refractivity contribution in [3.05, 3.63) is 11.6 Å². The van der Waals surface area contributed by atoms with Crippen molar-refractivity contribution in [2.45, 2.75) is 27.7 Å². The van der Waals surface area contributed by atoms with E-state index in [4.69, 9.17) is 0 Å². The first-order valence-electron chi connectivity index (χ1n) is 4.60. The first-order chi connectivity index (χ1) is 6.23. The first kappa shape index (κ1) is 11.0. The molecule has 1 rings (SSSR count). The summed E-state index contributed by atoms with van der Waals surface area (Å²) in [5, 5.41) is 0. The SMILES string of the molecule is COC(=O)C1=CC(C)(C)C(=O)C1(C)C. The van der Waals surface area contributed by atoms with E-state index >= 15 is 0 Å². The molecule has 0 aliphatic heterocycles. The van der Waals surface area contributed by atoms with Crippen LogP contribution in [0.3, 0.4) is 0 Å². The minimum atomic E-state index is -0.726. The van der Waals surface area contributed by atoms with Gasteiger partial charge in [0, 0.05) is 11.0 Å². The molecule has 0 saturated heterocycles. The standard InChI is InChI=1S/C11H16O3/c1-10(2)6-7(8(12)14-5)11(3,4)9(10)13/h6H,1-5H3. The van der Waals surface area contributed by atoms with E-state index in [-0.39, 0.29) is 5.78 Å². The number of esters is 1. The number of carbonyl (C=O) groups excluding carboxylic acids is 2. The maximum Gasteiger partial charge on any atom is 0.334 e. The molecule has 0 heterocycles. The van der Waals surface area contributed by atoms with Crippen LogP contribution in [0.4, 0.5) is 0 Å². The molecule has 1 aliphatic rings. The summed E-state index contributed by atoms with van der Waals surface area (Å²) in [5.41, 5.74) is -0.820. The van der Waals surface area contributed by atoms with E-state index < -0.39 is 16.8 Å². The predicted octanol–water partition coefficient (Wildman–Crippen LogP) is 1.72. The molecule has 0 amide bonds. The topological polar surface area (TPSA) is 43.4 Å². The van der Waals surface area contributed by atoms with Crippen LogP contribution in [0.1, 0.15) is 27.7 Å². The summed E-state index contributed by atoms with van der Waals surface area (Å²) in [4.78, 5) is 23.3. The van der Waals surface area contributed by atoms with E-state index in [1.165, 1.54) is 7.11 Å². The van der Waals surface area contributed by atoms with Gasteiger partial charge in [-0.05, 0) is 27.7 Å². The second-order valence-corrected chi connectivity index (χ2v) is 4.73. The Hall–Kier alpha value is -1.12. The van der Waals surface area contributed by atoms with Crippen molar-refractivity contribution in [3.63, 3.8) is 0 Å². The Morgan fingerprint density at radius 3 is 2.07 bits per heavy atom. The molecule has 78 valence electrons. The summed E-state index contributed by atoms with van der Waals surface area (Å²) >= 11 is 0. The normalized spacial score (nSPS) is 23.2. The highest BCUT2D eigenvalue weighted by molar-refractivity contribution is 6.07. The zero-order valence-corrected chi connectivity index (χ0v) is 9.30. The molecule has 0 N–H and O–H groups in total. The van der Waals surface area contributed by atoms with Gasteiger partial charge in [0.1, 0.15) is 0 Å². The highest BCUT2D eigenvalue weighted by Gasteiger charge is 2.49. The van der Waals surface area contributed by atoms with Crippen LogP contribution in [0.25, 0.3) is 0 Å². The van der Waals surface area contributed by atoms with Gasteiger partial charge in [0.05, 0.1) is 12.5 Å². The van der Waals surface area contributed by atoms with Gasteiger partial charge in [-0.1, -0.05) is 6.08 Å². The summed E-state index contributed by atoms with van der Waals surface area (Å²) in [5.74, 6) is -0.348. The molecule has 14 heavy (non-hydrogen) atoms. The maximum atomic E-state index is 11.9. The summed E-state index contributed by atoms with van der Waals surface area (Å²) in [7, 11) is 1.33. The number of hydrogen-bond donors (Lipinski definition) is 0. The van der Waals surface area contributed by atoms with Crippen LogP contribution in [0, 0.1) is 10.8 Å². The van der Waals surface area contributed by atoms with Crippen molar-refractivity contribution in [1.29, 1.82) is 0 Å². The van der Waals surface area contributed by atoms with Gasteiger partial charge in [-0.2, -0.15) is 0 Å². The van der Waals surface area contributed by atoms with Crippen molar-refractivity contribution in [1.82, 2.24) is 0 Å². The fraction of sp³-hybridized carbons (Fsp3) is 0.636. The second-order valence-electron chi connectivity index (χ2n) is 4.73. The third-order valence-corrected chi connectivity index (χ3v) is 2.74. The van der Waals surface area contributed by atoms with Gasteiger partial charge in [0.15, 0.2) is 5.78 Å². The van der Waals surface area contributed by atoms with Crippen molar-refractivity contribution >= 4 is 11.8 Å². The molecule has 0 spiro atoms. The van der Waals surface area contributed by atoms with Gasteiger partial charge in [0.25, 0.3) is 0 Å². The van der Waals surface area contributed by atoms with Gasteiger partial charge in [0.2, 0.25) is 0 Å². The molecule has 0 saturated carbocycles. The quantitative estimate of drug-likeness (QED) is 0.600. The third kappa shape index (κ3) is 1.37. The molecule has 0 fully saturated rings. The summed E-state index contributed by atoms with van der Waals surface area (Å²) in [6.07, 6.45) is 1.71. The molecule has 0 bridgehead atoms. The van der Waals surface area contributed by atoms with E-state index in [1.54, 1.807) is 19.9 Å². The molecule has 3 nitrogen and oxygen atoms in total. The molecule has 1 aliphatic carbocycles. The molecule has 0 unspecified atom stereocenters. The van der Waals surface area contributed by atoms with Crippen molar-refractivity contribution in [2.24, 2.45) is 10.8 Å². The van der Waals surface area contributed by atoms with Crippen LogP contribution in [0.5, 0.6) is 0 Å². The van der Waals surface area contributed by atoms with Gasteiger partial charge >= 0.3 is 5.97 Å². The zero-order chi connectivity index (χ0) is 11.1. The Kier molecular flexibility index (Phi) is 2.30. The highest BCUT2D eigenvalue weighted by atomic mass is 16.5. The Balaban J connectivity index is 3.20. The minimum Gasteiger partial charge on any atom is -0.466 e. The fourth-order valence-corrected chi connectivity index (χ4v) is 1.96. The van der Waals surface area contributed by atoms with Crippen molar-refractivity contribution in [3.8, 4) is 0 Å². The zero-order valence-electron chi connectivity index (χ0n) is 9.30. The molecule has 0 radical (unpaired) electrons. The number of carbonyl (C=O) groups is 2. The lowest BCUT2D eigenvalue weighted by Gasteiger charge is -2.22. The molecule has 3 heteroatoms. The van der Waals surface area contributed by atoms with Crippen LogP contribution in [0.2, 0.25) is 0 Å². The Bertz CT molecular complexity index is 321. The van der Waals surface area contributed by atoms with E-state index in [9.17, 15) is 9.59 Å². The maximum absolute atomic E-state index is 11.9.